The number of nitrogens with one attached hydrogen (secondary N) is 1. The van der Waals surface area contributed by atoms with Gasteiger partial charge in [-0.15, -0.1) is 0 Å². The summed E-state index contributed by atoms with van der Waals surface area (Å²) in [6, 6.07) is 5.25. The van der Waals surface area contributed by atoms with Crippen molar-refractivity contribution in [1.82, 2.24) is 9.97 Å². The van der Waals surface area contributed by atoms with Crippen molar-refractivity contribution >= 4 is 21.7 Å². The number of hydrogen-bond acceptors (Lipinski definition) is 3. The quantitative estimate of drug-likeness (QED) is 0.845. The van der Waals surface area contributed by atoms with Gasteiger partial charge in [0.2, 0.25) is 0 Å². The average molecular weight is 352 g/mol. The predicted octanol–water partition coefficient (Wildman–Crippen LogP) is 4.74. The highest BCUT2D eigenvalue weighted by Crippen LogP contribution is 2.31. The van der Waals surface area contributed by atoms with Crippen LogP contribution in [0.1, 0.15) is 31.7 Å². The topological polar surface area (TPSA) is 37.8 Å². The number of halogens is 2. The Hall–Kier alpha value is -1.49. The first-order valence-corrected chi connectivity index (χ1v) is 7.93. The molecule has 0 aliphatic rings. The number of nitrogens with zero attached hydrogens (tertiary/aromatic N) is 2. The summed E-state index contributed by atoms with van der Waals surface area (Å²) in [5, 5.41) is 3.30. The molecule has 0 saturated carbocycles. The largest absolute Gasteiger partial charge is 0.370 e. The second-order valence-electron chi connectivity index (χ2n) is 4.84. The van der Waals surface area contributed by atoms with Gasteiger partial charge in [0.05, 0.1) is 10.2 Å². The minimum atomic E-state index is -0.289. The Balaban J connectivity index is 2.59. The zero-order chi connectivity index (χ0) is 15.4. The van der Waals surface area contributed by atoms with Crippen LogP contribution >= 0.6 is 15.9 Å². The molecule has 0 amide bonds. The monoisotopic (exact) mass is 351 g/mol. The molecule has 1 aromatic carbocycles. The lowest BCUT2D eigenvalue weighted by molar-refractivity contribution is 0.623. The number of aryl methyl sites for hydroxylation is 1. The van der Waals surface area contributed by atoms with Crippen molar-refractivity contribution < 1.29 is 4.39 Å². The highest BCUT2D eigenvalue weighted by atomic mass is 79.9. The summed E-state index contributed by atoms with van der Waals surface area (Å²) >= 11 is 3.23. The summed E-state index contributed by atoms with van der Waals surface area (Å²) in [4.78, 5) is 9.03. The van der Waals surface area contributed by atoms with E-state index in [1.165, 1.54) is 0 Å². The van der Waals surface area contributed by atoms with Gasteiger partial charge in [0.1, 0.15) is 17.5 Å². The standard InChI is InChI=1S/C16H19BrFN3/c1-4-9-19-16-10(3)15(20-13(5-2)21-16)11-7-6-8-12(17)14(11)18/h6-8H,4-5,9H2,1-3H3,(H,19,20,21). The third-order valence-electron chi connectivity index (χ3n) is 3.26. The van der Waals surface area contributed by atoms with Crippen LogP contribution in [0, 0.1) is 12.7 Å². The normalized spacial score (nSPS) is 10.7. The molecule has 21 heavy (non-hydrogen) atoms. The van der Waals surface area contributed by atoms with Gasteiger partial charge in [-0.1, -0.05) is 19.9 Å². The molecule has 1 heterocycles. The zero-order valence-electron chi connectivity index (χ0n) is 12.5. The molecule has 0 atom stereocenters. The van der Waals surface area contributed by atoms with Gasteiger partial charge in [-0.05, 0) is 41.4 Å². The second-order valence-corrected chi connectivity index (χ2v) is 5.70. The first-order chi connectivity index (χ1) is 10.1. The molecular weight excluding hydrogens is 333 g/mol. The fourth-order valence-electron chi connectivity index (χ4n) is 2.09. The van der Waals surface area contributed by atoms with E-state index in [4.69, 9.17) is 0 Å². The van der Waals surface area contributed by atoms with Gasteiger partial charge in [-0.25, -0.2) is 14.4 Å². The summed E-state index contributed by atoms with van der Waals surface area (Å²) in [6.07, 6.45) is 1.72. The van der Waals surface area contributed by atoms with Crippen LogP contribution in [0.25, 0.3) is 11.3 Å². The van der Waals surface area contributed by atoms with Gasteiger partial charge in [0.25, 0.3) is 0 Å². The fourth-order valence-corrected chi connectivity index (χ4v) is 2.45. The molecule has 0 saturated heterocycles. The van der Waals surface area contributed by atoms with Crippen LogP contribution in [0.5, 0.6) is 0 Å². The molecule has 5 heteroatoms. The lowest BCUT2D eigenvalue weighted by Crippen LogP contribution is -2.09. The Morgan fingerprint density at radius 2 is 2.00 bits per heavy atom. The Labute approximate surface area is 133 Å². The SMILES string of the molecule is CCCNc1nc(CC)nc(-c2cccc(Br)c2F)c1C. The van der Waals surface area contributed by atoms with Crippen LogP contribution in [-0.2, 0) is 6.42 Å². The van der Waals surface area contributed by atoms with Gasteiger partial charge < -0.3 is 5.32 Å². The van der Waals surface area contributed by atoms with E-state index in [0.717, 1.165) is 24.3 Å². The van der Waals surface area contributed by atoms with Crippen molar-refractivity contribution in [2.45, 2.75) is 33.6 Å². The molecule has 0 radical (unpaired) electrons. The number of benzene rings is 1. The number of aromatic nitrogens is 2. The van der Waals surface area contributed by atoms with E-state index in [1.807, 2.05) is 19.9 Å². The van der Waals surface area contributed by atoms with Gasteiger partial charge in [-0.3, -0.25) is 0 Å². The summed E-state index contributed by atoms with van der Waals surface area (Å²) in [6.45, 7) is 6.85. The minimum Gasteiger partial charge on any atom is -0.370 e. The number of rotatable bonds is 5. The number of hydrogen-bond donors (Lipinski definition) is 1. The van der Waals surface area contributed by atoms with E-state index >= 15 is 0 Å². The van der Waals surface area contributed by atoms with E-state index in [-0.39, 0.29) is 5.82 Å². The smallest absolute Gasteiger partial charge is 0.146 e. The van der Waals surface area contributed by atoms with Crippen LogP contribution in [0.15, 0.2) is 22.7 Å². The average Bonchev–Trinajstić information content (AvgIpc) is 2.49. The lowest BCUT2D eigenvalue weighted by Gasteiger charge is -2.14. The van der Waals surface area contributed by atoms with Crippen LogP contribution in [0.4, 0.5) is 10.2 Å². The maximum atomic E-state index is 14.4. The van der Waals surface area contributed by atoms with E-state index in [2.05, 4.69) is 38.1 Å². The van der Waals surface area contributed by atoms with Crippen LogP contribution in [-0.4, -0.2) is 16.5 Å². The first-order valence-electron chi connectivity index (χ1n) is 7.14. The Morgan fingerprint density at radius 1 is 1.24 bits per heavy atom. The van der Waals surface area contributed by atoms with Crippen LogP contribution in [0.3, 0.4) is 0 Å². The second kappa shape index (κ2) is 6.98. The van der Waals surface area contributed by atoms with Gasteiger partial charge in [0, 0.05) is 24.1 Å². The number of anilines is 1. The molecule has 1 aromatic heterocycles. The van der Waals surface area contributed by atoms with Crippen molar-refractivity contribution in [3.8, 4) is 11.3 Å². The van der Waals surface area contributed by atoms with E-state index in [9.17, 15) is 4.39 Å². The minimum absolute atomic E-state index is 0.289. The third kappa shape index (κ3) is 3.40. The predicted molar refractivity (Wildman–Crippen MR) is 88.0 cm³/mol. The summed E-state index contributed by atoms with van der Waals surface area (Å²) in [5.41, 5.74) is 2.02. The first kappa shape index (κ1) is 15.9. The third-order valence-corrected chi connectivity index (χ3v) is 3.87. The maximum absolute atomic E-state index is 14.4. The highest BCUT2D eigenvalue weighted by Gasteiger charge is 2.16. The van der Waals surface area contributed by atoms with Crippen molar-refractivity contribution in [1.29, 1.82) is 0 Å². The van der Waals surface area contributed by atoms with Crippen LogP contribution in [0.2, 0.25) is 0 Å². The Bertz CT molecular complexity index is 644. The maximum Gasteiger partial charge on any atom is 0.146 e. The molecule has 0 bridgehead atoms. The molecule has 0 spiro atoms. The van der Waals surface area contributed by atoms with Gasteiger partial charge in [-0.2, -0.15) is 0 Å². The van der Waals surface area contributed by atoms with Gasteiger partial charge >= 0.3 is 0 Å². The van der Waals surface area contributed by atoms with Crippen LogP contribution < -0.4 is 5.32 Å². The lowest BCUT2D eigenvalue weighted by atomic mass is 10.1. The molecular formula is C16H19BrFN3. The molecule has 1 N–H and O–H groups in total. The molecule has 0 aliphatic heterocycles. The summed E-state index contributed by atoms with van der Waals surface area (Å²) in [7, 11) is 0. The highest BCUT2D eigenvalue weighted by molar-refractivity contribution is 9.10. The molecule has 0 unspecified atom stereocenters. The summed E-state index contributed by atoms with van der Waals surface area (Å²) in [5.74, 6) is 1.22. The zero-order valence-corrected chi connectivity index (χ0v) is 14.1. The van der Waals surface area contributed by atoms with Gasteiger partial charge in [0.15, 0.2) is 0 Å². The summed E-state index contributed by atoms with van der Waals surface area (Å²) < 4.78 is 14.8. The molecule has 112 valence electrons. The van der Waals surface area contributed by atoms with E-state index in [0.29, 0.717) is 28.0 Å². The molecule has 0 aliphatic carbocycles. The molecule has 0 fully saturated rings. The molecule has 2 rings (SSSR count). The molecule has 3 nitrogen and oxygen atoms in total. The fraction of sp³-hybridized carbons (Fsp3) is 0.375. The van der Waals surface area contributed by atoms with Crippen molar-refractivity contribution in [3.63, 3.8) is 0 Å². The van der Waals surface area contributed by atoms with Crippen molar-refractivity contribution in [3.05, 3.63) is 39.9 Å². The van der Waals surface area contributed by atoms with Crippen molar-refractivity contribution in [2.75, 3.05) is 11.9 Å². The Morgan fingerprint density at radius 3 is 2.67 bits per heavy atom. The molecule has 2 aromatic rings. The van der Waals surface area contributed by atoms with Crippen molar-refractivity contribution in [2.24, 2.45) is 0 Å². The Kier molecular flexibility index (Phi) is 5.28. The van der Waals surface area contributed by atoms with E-state index < -0.39 is 0 Å². The van der Waals surface area contributed by atoms with E-state index in [1.54, 1.807) is 12.1 Å².